The molecule has 1 aliphatic heterocycles. The summed E-state index contributed by atoms with van der Waals surface area (Å²) in [5.41, 5.74) is 15.0. The van der Waals surface area contributed by atoms with Gasteiger partial charge in [0.15, 0.2) is 0 Å². The summed E-state index contributed by atoms with van der Waals surface area (Å²) in [5, 5.41) is 2.03. The van der Waals surface area contributed by atoms with Crippen molar-refractivity contribution in [2.24, 2.45) is 5.73 Å². The Morgan fingerprint density at radius 2 is 1.93 bits per heavy atom. The second kappa shape index (κ2) is 9.25. The van der Waals surface area contributed by atoms with E-state index in [-0.39, 0.29) is 17.7 Å². The Morgan fingerprint density at radius 3 is 2.79 bits per heavy atom. The van der Waals surface area contributed by atoms with Crippen molar-refractivity contribution >= 4 is 5.78 Å². The van der Waals surface area contributed by atoms with Gasteiger partial charge in [-0.15, -0.1) is 5.53 Å². The average Bonchev–Trinajstić information content (AvgIpc) is 3.11. The van der Waals surface area contributed by atoms with Crippen LogP contribution in [0.25, 0.3) is 0 Å². The normalized spacial score (nSPS) is 30.2. The highest BCUT2D eigenvalue weighted by Gasteiger charge is 2.27. The zero-order chi connectivity index (χ0) is 20.1. The molecule has 4 rings (SSSR count). The van der Waals surface area contributed by atoms with Crippen molar-refractivity contribution < 1.29 is 4.79 Å². The molecular formula is C24H30N4O. The predicted octanol–water partition coefficient (Wildman–Crippen LogP) is 3.61. The van der Waals surface area contributed by atoms with E-state index in [0.29, 0.717) is 11.7 Å². The van der Waals surface area contributed by atoms with Gasteiger partial charge in [-0.05, 0) is 31.2 Å². The van der Waals surface area contributed by atoms with E-state index < -0.39 is 0 Å². The van der Waals surface area contributed by atoms with Crippen molar-refractivity contribution in [2.75, 3.05) is 0 Å². The maximum atomic E-state index is 13.1. The number of hydrogen-bond donors (Lipinski definition) is 3. The van der Waals surface area contributed by atoms with Crippen LogP contribution in [0.3, 0.4) is 0 Å². The third-order valence-electron chi connectivity index (χ3n) is 5.91. The fourth-order valence-electron chi connectivity index (χ4n) is 4.25. The molecule has 3 aliphatic rings. The molecule has 152 valence electrons. The van der Waals surface area contributed by atoms with Crippen LogP contribution in [0.4, 0.5) is 0 Å². The number of hydrogen-bond acceptors (Lipinski definition) is 5. The van der Waals surface area contributed by atoms with E-state index in [9.17, 15) is 4.79 Å². The van der Waals surface area contributed by atoms with E-state index in [0.717, 1.165) is 31.3 Å². The summed E-state index contributed by atoms with van der Waals surface area (Å²) in [6.07, 6.45) is 18.5. The van der Waals surface area contributed by atoms with E-state index in [1.54, 1.807) is 0 Å². The van der Waals surface area contributed by atoms with E-state index in [1.807, 2.05) is 41.6 Å². The van der Waals surface area contributed by atoms with Gasteiger partial charge < -0.3 is 5.73 Å². The second-order valence-electron chi connectivity index (χ2n) is 8.07. The zero-order valence-electron chi connectivity index (χ0n) is 16.8. The van der Waals surface area contributed by atoms with Crippen LogP contribution in [-0.2, 0) is 4.79 Å². The van der Waals surface area contributed by atoms with Crippen molar-refractivity contribution in [3.8, 4) is 0 Å². The van der Waals surface area contributed by atoms with Crippen LogP contribution < -0.4 is 16.7 Å². The van der Waals surface area contributed by atoms with Crippen LogP contribution in [-0.4, -0.2) is 22.9 Å². The number of nitrogens with two attached hydrogens (primary N) is 1. The van der Waals surface area contributed by atoms with Gasteiger partial charge in [-0.1, -0.05) is 73.6 Å². The quantitative estimate of drug-likeness (QED) is 0.541. The third-order valence-corrected chi connectivity index (χ3v) is 5.91. The van der Waals surface area contributed by atoms with Crippen LogP contribution >= 0.6 is 0 Å². The lowest BCUT2D eigenvalue weighted by Crippen LogP contribution is -2.45. The molecule has 5 heteroatoms. The molecule has 1 fully saturated rings. The summed E-state index contributed by atoms with van der Waals surface area (Å²) in [6, 6.07) is 10.9. The van der Waals surface area contributed by atoms with Gasteiger partial charge in [0.2, 0.25) is 5.78 Å². The first-order valence-electron chi connectivity index (χ1n) is 10.6. The van der Waals surface area contributed by atoms with Gasteiger partial charge in [0.1, 0.15) is 5.70 Å². The maximum absolute atomic E-state index is 13.1. The molecule has 1 aromatic rings. The summed E-state index contributed by atoms with van der Waals surface area (Å²) < 4.78 is 0. The number of hydrazine groups is 2. The number of allylic oxidation sites excluding steroid dienone is 6. The molecule has 1 heterocycles. The molecular weight excluding hydrogens is 360 g/mol. The van der Waals surface area contributed by atoms with Gasteiger partial charge in [-0.25, -0.2) is 0 Å². The molecule has 2 aliphatic carbocycles. The number of nitrogens with one attached hydrogen (secondary N) is 2. The first-order chi connectivity index (χ1) is 14.2. The fourth-order valence-corrected chi connectivity index (χ4v) is 4.25. The Kier molecular flexibility index (Phi) is 6.27. The largest absolute Gasteiger partial charge is 0.328 e. The molecule has 0 bridgehead atoms. The van der Waals surface area contributed by atoms with Gasteiger partial charge in [0, 0.05) is 29.8 Å². The Morgan fingerprint density at radius 1 is 1.10 bits per heavy atom. The highest BCUT2D eigenvalue weighted by atomic mass is 16.1. The molecule has 0 saturated heterocycles. The summed E-state index contributed by atoms with van der Waals surface area (Å²) in [4.78, 5) is 13.1. The lowest BCUT2D eigenvalue weighted by Gasteiger charge is -2.27. The van der Waals surface area contributed by atoms with Crippen molar-refractivity contribution in [1.29, 1.82) is 0 Å². The number of Topliss-reactive ketones (excluding diaryl/α,β-unsaturated/α-hetero) is 1. The molecule has 29 heavy (non-hydrogen) atoms. The van der Waals surface area contributed by atoms with E-state index in [4.69, 9.17) is 5.73 Å². The topological polar surface area (TPSA) is 70.4 Å². The summed E-state index contributed by atoms with van der Waals surface area (Å²) in [5.74, 6) is 0.191. The zero-order valence-corrected chi connectivity index (χ0v) is 16.8. The summed E-state index contributed by atoms with van der Waals surface area (Å²) in [7, 11) is 0. The minimum Gasteiger partial charge on any atom is -0.328 e. The van der Waals surface area contributed by atoms with Crippen LogP contribution in [0, 0.1) is 0 Å². The van der Waals surface area contributed by atoms with Gasteiger partial charge >= 0.3 is 0 Å². The number of carbonyl (C=O) groups excluding carboxylic acids is 1. The average molecular weight is 391 g/mol. The van der Waals surface area contributed by atoms with Crippen molar-refractivity contribution in [2.45, 2.75) is 56.5 Å². The molecule has 1 unspecified atom stereocenters. The van der Waals surface area contributed by atoms with E-state index >= 15 is 0 Å². The minimum atomic E-state index is 0.0104. The van der Waals surface area contributed by atoms with Crippen molar-refractivity contribution in [3.63, 3.8) is 0 Å². The standard InChI is InChI=1S/C24H30N4O/c25-21-12-6-7-13-22(16-21)28-17-23(26-27-28)24(29)20-11-5-4-10-19(14-15-20)18-8-2-1-3-9-18/h1-4,8-11,14-15,17,19,21-22,26-27H,5-7,12-13,16,25H2/b10-4?,15-14-,20-11+/t19?,21-,22+/m1/s1. The molecule has 1 aromatic carbocycles. The smallest absolute Gasteiger partial charge is 0.211 e. The maximum Gasteiger partial charge on any atom is 0.211 e. The summed E-state index contributed by atoms with van der Waals surface area (Å²) in [6.45, 7) is 0. The van der Waals surface area contributed by atoms with E-state index in [2.05, 4.69) is 41.3 Å². The molecule has 0 aromatic heterocycles. The van der Waals surface area contributed by atoms with Gasteiger partial charge in [0.25, 0.3) is 0 Å². The Balaban J connectivity index is 1.47. The first kappa shape index (κ1) is 19.7. The monoisotopic (exact) mass is 390 g/mol. The van der Waals surface area contributed by atoms with Crippen molar-refractivity contribution in [1.82, 2.24) is 16.0 Å². The van der Waals surface area contributed by atoms with Crippen molar-refractivity contribution in [3.05, 3.63) is 83.7 Å². The predicted molar refractivity (Wildman–Crippen MR) is 116 cm³/mol. The summed E-state index contributed by atoms with van der Waals surface area (Å²) >= 11 is 0. The van der Waals surface area contributed by atoms with Gasteiger partial charge in [-0.2, -0.15) is 0 Å². The molecule has 4 N–H and O–H groups in total. The SMILES string of the molecule is N[C@@H]1CCCC[C@H](N2C=C(C(=O)C3=C/CC=CC(c4ccccc4)/C=C\3)NN2)C1. The number of carbonyl (C=O) groups is 1. The molecule has 5 nitrogen and oxygen atoms in total. The van der Waals surface area contributed by atoms with Crippen LogP contribution in [0.15, 0.2) is 78.2 Å². The third kappa shape index (κ3) is 4.86. The highest BCUT2D eigenvalue weighted by Crippen LogP contribution is 2.25. The minimum absolute atomic E-state index is 0.0104. The Bertz CT molecular complexity index is 840. The number of nitrogens with zero attached hydrogens (tertiary/aromatic N) is 1. The molecule has 3 atom stereocenters. The van der Waals surface area contributed by atoms with Gasteiger partial charge in [0.05, 0.1) is 0 Å². The van der Waals surface area contributed by atoms with Crippen LogP contribution in [0.5, 0.6) is 0 Å². The fraction of sp³-hybridized carbons (Fsp3) is 0.375. The Labute approximate surface area is 173 Å². The number of benzene rings is 1. The lowest BCUT2D eigenvalue weighted by atomic mass is 9.94. The highest BCUT2D eigenvalue weighted by molar-refractivity contribution is 6.09. The molecule has 1 saturated carbocycles. The first-order valence-corrected chi connectivity index (χ1v) is 10.6. The second-order valence-corrected chi connectivity index (χ2v) is 8.07. The van der Waals surface area contributed by atoms with Crippen LogP contribution in [0.1, 0.15) is 50.0 Å². The van der Waals surface area contributed by atoms with E-state index in [1.165, 1.54) is 18.4 Å². The number of ketones is 1. The Hall–Kier alpha value is -2.63. The van der Waals surface area contributed by atoms with Crippen LogP contribution in [0.2, 0.25) is 0 Å². The number of rotatable bonds is 4. The molecule has 0 spiro atoms. The molecule has 0 amide bonds. The molecule has 0 radical (unpaired) electrons. The lowest BCUT2D eigenvalue weighted by molar-refractivity contribution is -0.112. The van der Waals surface area contributed by atoms with Gasteiger partial charge in [-0.3, -0.25) is 15.2 Å².